The maximum Gasteiger partial charge on any atom is 0.365 e. The zero-order valence-corrected chi connectivity index (χ0v) is 16.7. The summed E-state index contributed by atoms with van der Waals surface area (Å²) in [5, 5.41) is 0.858. The van der Waals surface area contributed by atoms with Crippen LogP contribution < -0.4 is 10.3 Å². The number of rotatable bonds is 6. The Labute approximate surface area is 181 Å². The van der Waals surface area contributed by atoms with Crippen LogP contribution in [0.4, 0.5) is 0 Å². The number of para-hydroxylation sites is 1. The molecule has 0 bridgehead atoms. The molecule has 1 aliphatic heterocycles. The number of hydrogen-bond acceptors (Lipinski definition) is 6. The number of carbonyl (C=O) groups is 3. The zero-order chi connectivity index (χ0) is 22.0. The van der Waals surface area contributed by atoms with E-state index in [1.807, 2.05) is 0 Å². The smallest absolute Gasteiger partial charge is 0.365 e. The quantitative estimate of drug-likeness (QED) is 0.549. The van der Waals surface area contributed by atoms with Crippen molar-refractivity contribution in [3.63, 3.8) is 0 Å². The van der Waals surface area contributed by atoms with Crippen LogP contribution in [0.1, 0.15) is 31.1 Å². The van der Waals surface area contributed by atoms with Gasteiger partial charge in [0.25, 0.3) is 17.4 Å². The number of fused-ring (bicyclic) bond motifs is 1. The van der Waals surface area contributed by atoms with Gasteiger partial charge in [-0.25, -0.2) is 4.79 Å². The Hall–Kier alpha value is -3.91. The van der Waals surface area contributed by atoms with E-state index < -0.39 is 17.8 Å². The van der Waals surface area contributed by atoms with E-state index in [4.69, 9.17) is 21.2 Å². The summed E-state index contributed by atoms with van der Waals surface area (Å²) < 4.78 is 6.82. The Morgan fingerprint density at radius 3 is 2.19 bits per heavy atom. The average Bonchev–Trinajstić information content (AvgIpc) is 3.01. The molecule has 3 aromatic rings. The summed E-state index contributed by atoms with van der Waals surface area (Å²) in [4.78, 5) is 54.3. The van der Waals surface area contributed by atoms with E-state index in [0.29, 0.717) is 15.8 Å². The van der Waals surface area contributed by atoms with Crippen LogP contribution in [0.2, 0.25) is 5.02 Å². The fourth-order valence-corrected chi connectivity index (χ4v) is 3.22. The van der Waals surface area contributed by atoms with Crippen LogP contribution in [0.3, 0.4) is 0 Å². The molecule has 1 aliphatic rings. The highest BCUT2D eigenvalue weighted by Gasteiger charge is 2.38. The molecule has 9 heteroatoms. The predicted molar refractivity (Wildman–Crippen MR) is 110 cm³/mol. The van der Waals surface area contributed by atoms with Crippen LogP contribution in [0.5, 0.6) is 5.75 Å². The van der Waals surface area contributed by atoms with Gasteiger partial charge >= 0.3 is 5.97 Å². The summed E-state index contributed by atoms with van der Waals surface area (Å²) in [7, 11) is 0. The van der Waals surface area contributed by atoms with Gasteiger partial charge in [0.05, 0.1) is 28.3 Å². The lowest BCUT2D eigenvalue weighted by Crippen LogP contribution is -2.33. The van der Waals surface area contributed by atoms with Crippen molar-refractivity contribution in [1.29, 1.82) is 0 Å². The molecule has 0 fully saturated rings. The summed E-state index contributed by atoms with van der Waals surface area (Å²) >= 11 is 6.03. The number of hydrogen-bond donors (Lipinski definition) is 0. The molecular formula is C22H15ClN2O6. The number of nitrogens with zero attached hydrogens (tertiary/aromatic N) is 2. The Kier molecular flexibility index (Phi) is 5.55. The van der Waals surface area contributed by atoms with Gasteiger partial charge in [-0.1, -0.05) is 40.9 Å². The van der Waals surface area contributed by atoms with Crippen molar-refractivity contribution in [3.05, 3.63) is 98.9 Å². The molecule has 8 nitrogen and oxygen atoms in total. The van der Waals surface area contributed by atoms with Crippen molar-refractivity contribution >= 4 is 29.4 Å². The molecule has 0 unspecified atom stereocenters. The van der Waals surface area contributed by atoms with Gasteiger partial charge < -0.3 is 14.1 Å². The number of hydroxylamine groups is 2. The van der Waals surface area contributed by atoms with Crippen molar-refractivity contribution in [2.75, 3.05) is 6.61 Å². The van der Waals surface area contributed by atoms with Gasteiger partial charge in [0.2, 0.25) is 0 Å². The van der Waals surface area contributed by atoms with Gasteiger partial charge in [-0.3, -0.25) is 14.4 Å². The van der Waals surface area contributed by atoms with E-state index in [2.05, 4.69) is 0 Å². The van der Waals surface area contributed by atoms with Gasteiger partial charge in [0.15, 0.2) is 0 Å². The summed E-state index contributed by atoms with van der Waals surface area (Å²) in [6.45, 7) is 0.263. The average molecular weight is 439 g/mol. The summed E-state index contributed by atoms with van der Waals surface area (Å²) in [5.41, 5.74) is -0.0575. The number of imide groups is 1. The van der Waals surface area contributed by atoms with Crippen molar-refractivity contribution in [2.24, 2.45) is 0 Å². The van der Waals surface area contributed by atoms with Crippen molar-refractivity contribution in [2.45, 2.75) is 6.54 Å². The van der Waals surface area contributed by atoms with Crippen molar-refractivity contribution in [3.8, 4) is 5.75 Å². The molecule has 2 amide bonds. The Morgan fingerprint density at radius 1 is 0.871 bits per heavy atom. The van der Waals surface area contributed by atoms with Gasteiger partial charge in [-0.15, -0.1) is 0 Å². The number of halogens is 1. The Balaban J connectivity index is 1.45. The highest BCUT2D eigenvalue weighted by atomic mass is 35.5. The maximum absolute atomic E-state index is 12.5. The topological polar surface area (TPSA) is 94.9 Å². The molecule has 2 aromatic carbocycles. The number of ether oxygens (including phenoxy) is 1. The van der Waals surface area contributed by atoms with Crippen LogP contribution in [-0.4, -0.2) is 34.0 Å². The maximum atomic E-state index is 12.5. The van der Waals surface area contributed by atoms with E-state index in [1.165, 1.54) is 35.0 Å². The Bertz CT molecular complexity index is 1220. The van der Waals surface area contributed by atoms with Crippen LogP contribution in [0, 0.1) is 0 Å². The minimum absolute atomic E-state index is 0.00565. The fraction of sp³-hybridized carbons (Fsp3) is 0.0909. The molecule has 0 N–H and O–H groups in total. The number of amides is 2. The second-order valence-corrected chi connectivity index (χ2v) is 6.96. The van der Waals surface area contributed by atoms with E-state index in [-0.39, 0.29) is 35.4 Å². The minimum atomic E-state index is -0.949. The molecule has 0 aliphatic carbocycles. The van der Waals surface area contributed by atoms with Crippen LogP contribution in [0.25, 0.3) is 0 Å². The first-order chi connectivity index (χ1) is 15.0. The monoisotopic (exact) mass is 438 g/mol. The van der Waals surface area contributed by atoms with Crippen molar-refractivity contribution in [1.82, 2.24) is 9.63 Å². The molecule has 0 saturated heterocycles. The first-order valence-corrected chi connectivity index (χ1v) is 9.61. The molecule has 0 spiro atoms. The molecular weight excluding hydrogens is 424 g/mol. The SMILES string of the molecule is O=C(ON1C(=O)c2ccccc2C1=O)c1ccc(=O)n(CCOc2ccccc2Cl)c1. The highest BCUT2D eigenvalue weighted by Crippen LogP contribution is 2.24. The van der Waals surface area contributed by atoms with E-state index >= 15 is 0 Å². The van der Waals surface area contributed by atoms with Gasteiger partial charge in [-0.05, 0) is 30.3 Å². The first-order valence-electron chi connectivity index (χ1n) is 9.23. The van der Waals surface area contributed by atoms with E-state index in [9.17, 15) is 19.2 Å². The Morgan fingerprint density at radius 2 is 1.52 bits per heavy atom. The highest BCUT2D eigenvalue weighted by molar-refractivity contribution is 6.32. The number of aromatic nitrogens is 1. The molecule has 0 atom stereocenters. The first kappa shape index (κ1) is 20.4. The third-order valence-corrected chi connectivity index (χ3v) is 4.89. The van der Waals surface area contributed by atoms with Crippen LogP contribution in [-0.2, 0) is 11.4 Å². The summed E-state index contributed by atoms with van der Waals surface area (Å²) in [6, 6.07) is 15.5. The lowest BCUT2D eigenvalue weighted by atomic mass is 10.1. The van der Waals surface area contributed by atoms with Crippen LogP contribution in [0.15, 0.2) is 71.7 Å². The molecule has 4 rings (SSSR count). The fourth-order valence-electron chi connectivity index (χ4n) is 3.03. The van der Waals surface area contributed by atoms with E-state index in [1.54, 1.807) is 36.4 Å². The number of carbonyl (C=O) groups excluding carboxylic acids is 3. The molecule has 0 saturated carbocycles. The normalized spacial score (nSPS) is 12.6. The number of pyridine rings is 1. The second kappa shape index (κ2) is 8.45. The molecule has 2 heterocycles. The standard InChI is InChI=1S/C22H15ClN2O6/c23-17-7-3-4-8-18(17)30-12-11-24-13-14(9-10-19(24)26)22(29)31-25-20(27)15-5-1-2-6-16(15)21(25)28/h1-10,13H,11-12H2. The second-order valence-electron chi connectivity index (χ2n) is 6.56. The minimum Gasteiger partial charge on any atom is -0.490 e. The van der Waals surface area contributed by atoms with Gasteiger partial charge in [-0.2, -0.15) is 0 Å². The lowest BCUT2D eigenvalue weighted by molar-refractivity contribution is -0.0585. The summed E-state index contributed by atoms with van der Waals surface area (Å²) in [6.07, 6.45) is 1.28. The van der Waals surface area contributed by atoms with Crippen molar-refractivity contribution < 1.29 is 24.0 Å². The lowest BCUT2D eigenvalue weighted by Gasteiger charge is -2.14. The van der Waals surface area contributed by atoms with E-state index in [0.717, 1.165) is 0 Å². The summed E-state index contributed by atoms with van der Waals surface area (Å²) in [5.74, 6) is -1.93. The zero-order valence-electron chi connectivity index (χ0n) is 16.0. The largest absolute Gasteiger partial charge is 0.490 e. The predicted octanol–water partition coefficient (Wildman–Crippen LogP) is 2.95. The van der Waals surface area contributed by atoms with Gasteiger partial charge in [0.1, 0.15) is 12.4 Å². The third-order valence-electron chi connectivity index (χ3n) is 4.58. The molecule has 31 heavy (non-hydrogen) atoms. The number of benzene rings is 2. The van der Waals surface area contributed by atoms with Gasteiger partial charge in [0, 0.05) is 12.3 Å². The molecule has 1 aromatic heterocycles. The molecule has 0 radical (unpaired) electrons. The van der Waals surface area contributed by atoms with Crippen LogP contribution >= 0.6 is 11.6 Å². The third kappa shape index (κ3) is 4.06. The molecule has 156 valence electrons.